The normalized spacial score (nSPS) is 21.2. The SMILES string of the molecule is Cc1ccc(C(=O)NCC(=O)NC2(C#N)CCSC2)s1. The van der Waals surface area contributed by atoms with Gasteiger partial charge in [0.1, 0.15) is 5.54 Å². The molecule has 1 aromatic heterocycles. The molecule has 2 amide bonds. The fourth-order valence-electron chi connectivity index (χ4n) is 1.89. The maximum Gasteiger partial charge on any atom is 0.261 e. The predicted molar refractivity (Wildman–Crippen MR) is 79.8 cm³/mol. The zero-order valence-corrected chi connectivity index (χ0v) is 12.7. The monoisotopic (exact) mass is 309 g/mol. The number of thiophene rings is 1. The third-order valence-corrected chi connectivity index (χ3v) is 5.18. The molecule has 1 aromatic rings. The standard InChI is InChI=1S/C13H15N3O2S2/c1-9-2-3-10(20-9)12(18)15-6-11(17)16-13(7-14)4-5-19-8-13/h2-3H,4-6,8H2,1H3,(H,15,18)(H,16,17). The van der Waals surface area contributed by atoms with Crippen LogP contribution in [-0.2, 0) is 4.79 Å². The molecule has 0 bridgehead atoms. The average molecular weight is 309 g/mol. The molecule has 1 aliphatic heterocycles. The Morgan fingerprint density at radius 2 is 2.30 bits per heavy atom. The van der Waals surface area contributed by atoms with Gasteiger partial charge in [-0.15, -0.1) is 11.3 Å². The summed E-state index contributed by atoms with van der Waals surface area (Å²) in [6, 6.07) is 5.76. The van der Waals surface area contributed by atoms with Gasteiger partial charge in [-0.25, -0.2) is 0 Å². The highest BCUT2D eigenvalue weighted by molar-refractivity contribution is 7.99. The lowest BCUT2D eigenvalue weighted by molar-refractivity contribution is -0.121. The Hall–Kier alpha value is -1.52. The van der Waals surface area contributed by atoms with Crippen molar-refractivity contribution >= 4 is 34.9 Å². The molecule has 0 aliphatic carbocycles. The van der Waals surface area contributed by atoms with Crippen LogP contribution in [0.4, 0.5) is 0 Å². The molecule has 0 saturated carbocycles. The maximum absolute atomic E-state index is 11.8. The van der Waals surface area contributed by atoms with E-state index in [9.17, 15) is 9.59 Å². The van der Waals surface area contributed by atoms with E-state index >= 15 is 0 Å². The molecular formula is C13H15N3O2S2. The van der Waals surface area contributed by atoms with Gasteiger partial charge >= 0.3 is 0 Å². The van der Waals surface area contributed by atoms with Gasteiger partial charge in [0.05, 0.1) is 17.5 Å². The summed E-state index contributed by atoms with van der Waals surface area (Å²) in [5.74, 6) is 0.892. The quantitative estimate of drug-likeness (QED) is 0.878. The van der Waals surface area contributed by atoms with Crippen LogP contribution in [0.1, 0.15) is 21.0 Å². The Morgan fingerprint density at radius 3 is 2.85 bits per heavy atom. The molecule has 1 atom stereocenters. The minimum atomic E-state index is -0.772. The van der Waals surface area contributed by atoms with E-state index in [4.69, 9.17) is 5.26 Å². The van der Waals surface area contributed by atoms with Gasteiger partial charge in [0.15, 0.2) is 0 Å². The number of rotatable bonds is 4. The van der Waals surface area contributed by atoms with Gasteiger partial charge in [0, 0.05) is 10.6 Å². The first-order chi connectivity index (χ1) is 9.54. The lowest BCUT2D eigenvalue weighted by Gasteiger charge is -2.21. The number of thioether (sulfide) groups is 1. The number of hydrogen-bond acceptors (Lipinski definition) is 5. The number of amides is 2. The number of nitrogens with one attached hydrogen (secondary N) is 2. The van der Waals surface area contributed by atoms with Crippen molar-refractivity contribution in [3.8, 4) is 6.07 Å². The van der Waals surface area contributed by atoms with Crippen LogP contribution in [0.3, 0.4) is 0 Å². The molecule has 1 aliphatic rings. The summed E-state index contributed by atoms with van der Waals surface area (Å²) in [5, 5.41) is 14.5. The van der Waals surface area contributed by atoms with Crippen molar-refractivity contribution in [2.45, 2.75) is 18.9 Å². The van der Waals surface area contributed by atoms with E-state index in [1.165, 1.54) is 11.3 Å². The fourth-order valence-corrected chi connectivity index (χ4v) is 3.95. The number of nitrogens with zero attached hydrogens (tertiary/aromatic N) is 1. The molecule has 2 N–H and O–H groups in total. The molecule has 0 radical (unpaired) electrons. The van der Waals surface area contributed by atoms with Crippen molar-refractivity contribution < 1.29 is 9.59 Å². The van der Waals surface area contributed by atoms with Crippen LogP contribution >= 0.6 is 23.1 Å². The Labute approximate surface area is 125 Å². The molecule has 0 aromatic carbocycles. The van der Waals surface area contributed by atoms with Crippen LogP contribution in [0.15, 0.2) is 12.1 Å². The van der Waals surface area contributed by atoms with Crippen molar-refractivity contribution in [1.82, 2.24) is 10.6 Å². The second-order valence-electron chi connectivity index (χ2n) is 4.64. The molecule has 1 saturated heterocycles. The average Bonchev–Trinajstić information content (AvgIpc) is 3.06. The van der Waals surface area contributed by atoms with Gasteiger partial charge in [-0.1, -0.05) is 0 Å². The smallest absolute Gasteiger partial charge is 0.261 e. The molecular weight excluding hydrogens is 294 g/mol. The van der Waals surface area contributed by atoms with Crippen LogP contribution in [0.25, 0.3) is 0 Å². The van der Waals surface area contributed by atoms with Crippen LogP contribution < -0.4 is 10.6 Å². The van der Waals surface area contributed by atoms with Gasteiger partial charge in [-0.2, -0.15) is 17.0 Å². The van der Waals surface area contributed by atoms with E-state index in [1.54, 1.807) is 17.8 Å². The molecule has 5 nitrogen and oxygen atoms in total. The van der Waals surface area contributed by atoms with Crippen molar-refractivity contribution in [1.29, 1.82) is 5.26 Å². The molecule has 106 valence electrons. The topological polar surface area (TPSA) is 82.0 Å². The minimum absolute atomic E-state index is 0.107. The molecule has 1 unspecified atom stereocenters. The van der Waals surface area contributed by atoms with E-state index < -0.39 is 5.54 Å². The van der Waals surface area contributed by atoms with Crippen molar-refractivity contribution in [3.05, 3.63) is 21.9 Å². The van der Waals surface area contributed by atoms with E-state index in [2.05, 4.69) is 16.7 Å². The number of nitriles is 1. The highest BCUT2D eigenvalue weighted by Gasteiger charge is 2.35. The number of carbonyl (C=O) groups is 2. The van der Waals surface area contributed by atoms with E-state index in [0.717, 1.165) is 10.6 Å². The Morgan fingerprint density at radius 1 is 1.50 bits per heavy atom. The predicted octanol–water partition coefficient (Wildman–Crippen LogP) is 1.30. The van der Waals surface area contributed by atoms with Gasteiger partial charge in [0.25, 0.3) is 5.91 Å². The minimum Gasteiger partial charge on any atom is -0.342 e. The first-order valence-electron chi connectivity index (χ1n) is 6.19. The summed E-state index contributed by atoms with van der Waals surface area (Å²) in [6.07, 6.45) is 0.651. The highest BCUT2D eigenvalue weighted by Crippen LogP contribution is 2.27. The lowest BCUT2D eigenvalue weighted by Crippen LogP contribution is -2.50. The van der Waals surface area contributed by atoms with E-state index in [0.29, 0.717) is 17.1 Å². The fraction of sp³-hybridized carbons (Fsp3) is 0.462. The molecule has 20 heavy (non-hydrogen) atoms. The van der Waals surface area contributed by atoms with Crippen molar-refractivity contribution in [3.63, 3.8) is 0 Å². The van der Waals surface area contributed by atoms with Crippen molar-refractivity contribution in [2.24, 2.45) is 0 Å². The van der Waals surface area contributed by atoms with Crippen LogP contribution in [-0.4, -0.2) is 35.4 Å². The lowest BCUT2D eigenvalue weighted by atomic mass is 10.0. The first-order valence-corrected chi connectivity index (χ1v) is 8.16. The van der Waals surface area contributed by atoms with Gasteiger partial charge in [0.2, 0.25) is 5.91 Å². The largest absolute Gasteiger partial charge is 0.342 e. The zero-order valence-electron chi connectivity index (χ0n) is 11.1. The summed E-state index contributed by atoms with van der Waals surface area (Å²) in [6.45, 7) is 1.81. The van der Waals surface area contributed by atoms with Gasteiger partial charge in [-0.05, 0) is 31.2 Å². The Bertz CT molecular complexity index is 556. The Balaban J connectivity index is 1.83. The molecule has 1 fully saturated rings. The van der Waals surface area contributed by atoms with Crippen molar-refractivity contribution in [2.75, 3.05) is 18.1 Å². The maximum atomic E-state index is 11.8. The summed E-state index contributed by atoms with van der Waals surface area (Å²) >= 11 is 3.03. The van der Waals surface area contributed by atoms with Gasteiger partial charge < -0.3 is 10.6 Å². The second kappa shape index (κ2) is 6.29. The molecule has 7 heteroatoms. The summed E-state index contributed by atoms with van der Waals surface area (Å²) in [4.78, 5) is 25.3. The first kappa shape index (κ1) is 14.9. The van der Waals surface area contributed by atoms with Crippen LogP contribution in [0.2, 0.25) is 0 Å². The Kier molecular flexibility index (Phi) is 4.68. The van der Waals surface area contributed by atoms with Crippen LogP contribution in [0, 0.1) is 18.3 Å². The number of carbonyl (C=O) groups excluding carboxylic acids is 2. The van der Waals surface area contributed by atoms with E-state index in [1.807, 2.05) is 13.0 Å². The number of hydrogen-bond donors (Lipinski definition) is 2. The summed E-state index contributed by atoms with van der Waals surface area (Å²) in [5.41, 5.74) is -0.772. The van der Waals surface area contributed by atoms with Crippen LogP contribution in [0.5, 0.6) is 0 Å². The number of aryl methyl sites for hydroxylation is 1. The zero-order chi connectivity index (χ0) is 14.6. The third-order valence-electron chi connectivity index (χ3n) is 2.99. The third kappa shape index (κ3) is 3.52. The van der Waals surface area contributed by atoms with Gasteiger partial charge in [-0.3, -0.25) is 9.59 Å². The molecule has 2 rings (SSSR count). The highest BCUT2D eigenvalue weighted by atomic mass is 32.2. The summed E-state index contributed by atoms with van der Waals surface area (Å²) in [7, 11) is 0. The second-order valence-corrected chi connectivity index (χ2v) is 7.03. The molecule has 2 heterocycles. The molecule has 0 spiro atoms. The summed E-state index contributed by atoms with van der Waals surface area (Å²) < 4.78 is 0. The van der Waals surface area contributed by atoms with E-state index in [-0.39, 0.29) is 18.4 Å².